The molecule has 0 radical (unpaired) electrons. The summed E-state index contributed by atoms with van der Waals surface area (Å²) in [6.45, 7) is 2.78. The summed E-state index contributed by atoms with van der Waals surface area (Å²) >= 11 is 1.56. The Kier molecular flexibility index (Phi) is 3.40. The van der Waals surface area contributed by atoms with Crippen molar-refractivity contribution in [3.8, 4) is 0 Å². The highest BCUT2D eigenvalue weighted by atomic mass is 32.1. The molecular formula is C12H19N5OS. The minimum atomic E-state index is -0.0697. The van der Waals surface area contributed by atoms with E-state index in [9.17, 15) is 4.79 Å². The fourth-order valence-corrected chi connectivity index (χ4v) is 3.79. The van der Waals surface area contributed by atoms with Crippen LogP contribution in [-0.2, 0) is 0 Å². The SMILES string of the molecule is CC1CCCC(c2nnc(N3CNN(C)C3=O)s2)C1. The molecule has 1 aliphatic carbocycles. The van der Waals surface area contributed by atoms with Gasteiger partial charge in [-0.2, -0.15) is 0 Å². The van der Waals surface area contributed by atoms with E-state index < -0.39 is 0 Å². The Morgan fingerprint density at radius 3 is 2.89 bits per heavy atom. The smallest absolute Gasteiger partial charge is 0.261 e. The van der Waals surface area contributed by atoms with Gasteiger partial charge in [-0.1, -0.05) is 31.1 Å². The first-order valence-electron chi connectivity index (χ1n) is 6.77. The van der Waals surface area contributed by atoms with Crippen LogP contribution in [-0.4, -0.2) is 35.0 Å². The van der Waals surface area contributed by atoms with Gasteiger partial charge in [-0.05, 0) is 18.8 Å². The third-order valence-electron chi connectivity index (χ3n) is 3.93. The van der Waals surface area contributed by atoms with Crippen molar-refractivity contribution in [3.63, 3.8) is 0 Å². The van der Waals surface area contributed by atoms with Crippen molar-refractivity contribution in [2.24, 2.45) is 5.92 Å². The van der Waals surface area contributed by atoms with E-state index in [1.54, 1.807) is 23.3 Å². The fraction of sp³-hybridized carbons (Fsp3) is 0.750. The van der Waals surface area contributed by atoms with E-state index >= 15 is 0 Å². The van der Waals surface area contributed by atoms with Crippen molar-refractivity contribution >= 4 is 22.5 Å². The van der Waals surface area contributed by atoms with E-state index in [-0.39, 0.29) is 6.03 Å². The van der Waals surface area contributed by atoms with Gasteiger partial charge in [0.15, 0.2) is 0 Å². The number of hydrogen-bond donors (Lipinski definition) is 1. The number of rotatable bonds is 2. The Bertz CT molecular complexity index is 476. The average Bonchev–Trinajstić information content (AvgIpc) is 2.98. The van der Waals surface area contributed by atoms with Gasteiger partial charge in [0, 0.05) is 13.0 Å². The summed E-state index contributed by atoms with van der Waals surface area (Å²) in [5, 5.41) is 11.8. The normalized spacial score (nSPS) is 28.2. The van der Waals surface area contributed by atoms with Crippen LogP contribution in [0.25, 0.3) is 0 Å². The molecule has 2 aliphatic rings. The summed E-state index contributed by atoms with van der Waals surface area (Å²) in [7, 11) is 1.72. The van der Waals surface area contributed by atoms with Crippen LogP contribution in [0.15, 0.2) is 0 Å². The van der Waals surface area contributed by atoms with E-state index in [4.69, 9.17) is 0 Å². The Morgan fingerprint density at radius 2 is 2.21 bits per heavy atom. The van der Waals surface area contributed by atoms with Crippen LogP contribution < -0.4 is 10.3 Å². The second kappa shape index (κ2) is 5.05. The number of amides is 2. The van der Waals surface area contributed by atoms with Gasteiger partial charge in [0.25, 0.3) is 0 Å². The molecular weight excluding hydrogens is 262 g/mol. The number of anilines is 1. The van der Waals surface area contributed by atoms with Gasteiger partial charge in [-0.3, -0.25) is 9.91 Å². The average molecular weight is 281 g/mol. The predicted octanol–water partition coefficient (Wildman–Crippen LogP) is 2.17. The topological polar surface area (TPSA) is 61.4 Å². The van der Waals surface area contributed by atoms with Gasteiger partial charge in [0.2, 0.25) is 5.13 Å². The van der Waals surface area contributed by atoms with Crippen molar-refractivity contribution in [2.45, 2.75) is 38.5 Å². The first kappa shape index (κ1) is 12.8. The van der Waals surface area contributed by atoms with E-state index in [2.05, 4.69) is 22.5 Å². The minimum absolute atomic E-state index is 0.0697. The Hall–Kier alpha value is -1.21. The quantitative estimate of drug-likeness (QED) is 0.902. The highest BCUT2D eigenvalue weighted by Crippen LogP contribution is 2.38. The van der Waals surface area contributed by atoms with Crippen molar-refractivity contribution in [1.29, 1.82) is 0 Å². The van der Waals surface area contributed by atoms with Crippen molar-refractivity contribution < 1.29 is 4.79 Å². The predicted molar refractivity (Wildman–Crippen MR) is 73.9 cm³/mol. The van der Waals surface area contributed by atoms with Crippen LogP contribution in [0.4, 0.5) is 9.93 Å². The third-order valence-corrected chi connectivity index (χ3v) is 5.04. The molecule has 2 amide bonds. The van der Waals surface area contributed by atoms with Crippen molar-refractivity contribution in [3.05, 3.63) is 5.01 Å². The zero-order valence-corrected chi connectivity index (χ0v) is 12.1. The van der Waals surface area contributed by atoms with E-state index in [0.717, 1.165) is 10.9 Å². The second-order valence-corrected chi connectivity index (χ2v) is 6.46. The van der Waals surface area contributed by atoms with Crippen LogP contribution in [0.5, 0.6) is 0 Å². The number of nitrogens with zero attached hydrogens (tertiary/aromatic N) is 4. The Labute approximate surface area is 116 Å². The molecule has 1 saturated heterocycles. The first-order valence-corrected chi connectivity index (χ1v) is 7.59. The second-order valence-electron chi connectivity index (χ2n) is 5.48. The summed E-state index contributed by atoms with van der Waals surface area (Å²) in [6.07, 6.45) is 4.99. The number of aromatic nitrogens is 2. The molecule has 1 saturated carbocycles. The minimum Gasteiger partial charge on any atom is -0.261 e. The monoisotopic (exact) mass is 281 g/mol. The Morgan fingerprint density at radius 1 is 1.37 bits per heavy atom. The lowest BCUT2D eigenvalue weighted by atomic mass is 9.83. The molecule has 1 aliphatic heterocycles. The van der Waals surface area contributed by atoms with Crippen molar-refractivity contribution in [2.75, 3.05) is 18.6 Å². The van der Waals surface area contributed by atoms with Crippen LogP contribution >= 0.6 is 11.3 Å². The molecule has 0 bridgehead atoms. The zero-order valence-electron chi connectivity index (χ0n) is 11.3. The number of urea groups is 1. The number of hydrazine groups is 1. The van der Waals surface area contributed by atoms with Crippen molar-refractivity contribution in [1.82, 2.24) is 20.6 Å². The van der Waals surface area contributed by atoms with Gasteiger partial charge in [-0.15, -0.1) is 10.2 Å². The van der Waals surface area contributed by atoms with Gasteiger partial charge in [0.1, 0.15) is 5.01 Å². The maximum Gasteiger partial charge on any atom is 0.341 e. The molecule has 1 aromatic rings. The van der Waals surface area contributed by atoms with Crippen LogP contribution in [0.2, 0.25) is 0 Å². The number of nitrogens with one attached hydrogen (secondary N) is 1. The van der Waals surface area contributed by atoms with Gasteiger partial charge < -0.3 is 0 Å². The van der Waals surface area contributed by atoms with Gasteiger partial charge in [-0.25, -0.2) is 10.2 Å². The summed E-state index contributed by atoms with van der Waals surface area (Å²) in [5.41, 5.74) is 2.96. The summed E-state index contributed by atoms with van der Waals surface area (Å²) in [6, 6.07) is -0.0697. The molecule has 104 valence electrons. The number of carbonyl (C=O) groups excluding carboxylic acids is 1. The first-order chi connectivity index (χ1) is 9.15. The summed E-state index contributed by atoms with van der Waals surface area (Å²) < 4.78 is 0. The lowest BCUT2D eigenvalue weighted by Crippen LogP contribution is -2.31. The van der Waals surface area contributed by atoms with E-state index in [1.165, 1.54) is 30.7 Å². The molecule has 2 atom stereocenters. The molecule has 7 heteroatoms. The molecule has 0 spiro atoms. The number of hydrogen-bond acceptors (Lipinski definition) is 5. The lowest BCUT2D eigenvalue weighted by molar-refractivity contribution is 0.217. The summed E-state index contributed by atoms with van der Waals surface area (Å²) in [4.78, 5) is 13.5. The highest BCUT2D eigenvalue weighted by Gasteiger charge is 2.31. The lowest BCUT2D eigenvalue weighted by Gasteiger charge is -2.24. The standard InChI is InChI=1S/C12H19N5OS/c1-8-4-3-5-9(6-8)10-14-15-11(19-10)17-7-13-16(2)12(17)18/h8-9,13H,3-7H2,1-2H3. The van der Waals surface area contributed by atoms with E-state index in [0.29, 0.717) is 17.7 Å². The zero-order chi connectivity index (χ0) is 13.4. The van der Waals surface area contributed by atoms with Crippen LogP contribution in [0.3, 0.4) is 0 Å². The molecule has 2 heterocycles. The third kappa shape index (κ3) is 2.44. The van der Waals surface area contributed by atoms with E-state index in [1.807, 2.05) is 0 Å². The molecule has 1 aromatic heterocycles. The van der Waals surface area contributed by atoms with Gasteiger partial charge in [0.05, 0.1) is 6.67 Å². The highest BCUT2D eigenvalue weighted by molar-refractivity contribution is 7.15. The molecule has 2 fully saturated rings. The molecule has 3 rings (SSSR count). The van der Waals surface area contributed by atoms with Crippen LogP contribution in [0.1, 0.15) is 43.5 Å². The fourth-order valence-electron chi connectivity index (χ4n) is 2.80. The molecule has 19 heavy (non-hydrogen) atoms. The van der Waals surface area contributed by atoms with Crippen LogP contribution in [0, 0.1) is 5.92 Å². The molecule has 1 N–H and O–H groups in total. The maximum atomic E-state index is 11.9. The molecule has 0 aromatic carbocycles. The largest absolute Gasteiger partial charge is 0.341 e. The molecule has 2 unspecified atom stereocenters. The molecule has 6 nitrogen and oxygen atoms in total. The maximum absolute atomic E-state index is 11.9. The summed E-state index contributed by atoms with van der Waals surface area (Å²) in [5.74, 6) is 1.30. The number of carbonyl (C=O) groups is 1. The Balaban J connectivity index is 1.74. The van der Waals surface area contributed by atoms with Gasteiger partial charge >= 0.3 is 6.03 Å².